The van der Waals surface area contributed by atoms with Crippen LogP contribution in [0.4, 0.5) is 20.4 Å². The molecule has 1 aromatic carbocycles. The molecule has 3 N–H and O–H groups in total. The molecule has 1 aromatic heterocycles. The zero-order chi connectivity index (χ0) is 14.0. The number of aromatic nitrogens is 2. The monoisotopic (exact) mass is 280 g/mol. The molecule has 0 amide bonds. The topological polar surface area (TPSA) is 63.8 Å². The highest BCUT2D eigenvalue weighted by atomic mass is 32.1. The number of aryl methyl sites for hydroxylation is 1. The summed E-state index contributed by atoms with van der Waals surface area (Å²) < 4.78 is 26.3. The van der Waals surface area contributed by atoms with Crippen LogP contribution in [0.2, 0.25) is 0 Å². The first kappa shape index (κ1) is 13.3. The maximum Gasteiger partial charge on any atom is 0.228 e. The van der Waals surface area contributed by atoms with Crippen molar-refractivity contribution in [2.45, 2.75) is 6.92 Å². The zero-order valence-electron chi connectivity index (χ0n) is 9.95. The van der Waals surface area contributed by atoms with Crippen LogP contribution >= 0.6 is 12.2 Å². The molecule has 2 rings (SSSR count). The van der Waals surface area contributed by atoms with E-state index in [1.807, 2.05) is 0 Å². The van der Waals surface area contributed by atoms with E-state index in [9.17, 15) is 8.78 Å². The molecular weight excluding hydrogens is 270 g/mol. The summed E-state index contributed by atoms with van der Waals surface area (Å²) in [7, 11) is 0. The second-order valence-corrected chi connectivity index (χ2v) is 4.27. The molecule has 0 spiro atoms. The summed E-state index contributed by atoms with van der Waals surface area (Å²) >= 11 is 4.82. The van der Waals surface area contributed by atoms with Crippen molar-refractivity contribution in [3.05, 3.63) is 47.3 Å². The first-order chi connectivity index (χ1) is 8.95. The van der Waals surface area contributed by atoms with Crippen molar-refractivity contribution in [3.63, 3.8) is 0 Å². The summed E-state index contributed by atoms with van der Waals surface area (Å²) in [6.45, 7) is 1.73. The van der Waals surface area contributed by atoms with Crippen LogP contribution in [0.3, 0.4) is 0 Å². The Morgan fingerprint density at radius 1 is 1.26 bits per heavy atom. The third kappa shape index (κ3) is 3.19. The standard InChI is InChI=1S/C12H10F2N4S/c1-6-4-10(11(15)19)18-12(16-6)17-9-3-2-7(13)5-8(9)14/h2-5H,1H3,(H2,15,19)(H,16,17,18). The summed E-state index contributed by atoms with van der Waals surface area (Å²) in [6, 6.07) is 4.79. The van der Waals surface area contributed by atoms with Gasteiger partial charge >= 0.3 is 0 Å². The largest absolute Gasteiger partial charge is 0.388 e. The number of hydrogen-bond acceptors (Lipinski definition) is 4. The third-order valence-corrected chi connectivity index (χ3v) is 2.49. The molecule has 0 radical (unpaired) electrons. The fourth-order valence-electron chi connectivity index (χ4n) is 1.46. The number of anilines is 2. The lowest BCUT2D eigenvalue weighted by atomic mass is 10.3. The summed E-state index contributed by atoms with van der Waals surface area (Å²) in [6.07, 6.45) is 0. The zero-order valence-corrected chi connectivity index (χ0v) is 10.8. The van der Waals surface area contributed by atoms with Gasteiger partial charge in [-0.25, -0.2) is 18.7 Å². The number of thiocarbonyl (C=S) groups is 1. The minimum Gasteiger partial charge on any atom is -0.388 e. The quantitative estimate of drug-likeness (QED) is 0.845. The molecule has 0 bridgehead atoms. The smallest absolute Gasteiger partial charge is 0.228 e. The molecule has 0 atom stereocenters. The lowest BCUT2D eigenvalue weighted by Crippen LogP contribution is -2.14. The molecule has 0 fully saturated rings. The SMILES string of the molecule is Cc1cc(C(N)=S)nc(Nc2ccc(F)cc2F)n1. The second kappa shape index (κ2) is 5.23. The van der Waals surface area contributed by atoms with E-state index in [4.69, 9.17) is 18.0 Å². The molecule has 0 aliphatic heterocycles. The summed E-state index contributed by atoms with van der Waals surface area (Å²) in [5, 5.41) is 2.66. The van der Waals surface area contributed by atoms with E-state index in [0.717, 1.165) is 12.1 Å². The van der Waals surface area contributed by atoms with Crippen molar-refractivity contribution in [1.29, 1.82) is 0 Å². The van der Waals surface area contributed by atoms with E-state index in [1.165, 1.54) is 6.07 Å². The summed E-state index contributed by atoms with van der Waals surface area (Å²) in [5.41, 5.74) is 6.56. The molecule has 2 aromatic rings. The molecular formula is C12H10F2N4S. The molecule has 7 heteroatoms. The number of halogens is 2. The van der Waals surface area contributed by atoms with Crippen molar-refractivity contribution < 1.29 is 8.78 Å². The van der Waals surface area contributed by atoms with Gasteiger partial charge in [-0.3, -0.25) is 0 Å². The lowest BCUT2D eigenvalue weighted by Gasteiger charge is -2.08. The Kier molecular flexibility index (Phi) is 3.66. The van der Waals surface area contributed by atoms with Gasteiger partial charge in [-0.15, -0.1) is 0 Å². The number of nitrogens with two attached hydrogens (primary N) is 1. The molecule has 0 aliphatic rings. The van der Waals surface area contributed by atoms with Crippen molar-refractivity contribution in [2.24, 2.45) is 5.73 Å². The Hall–Kier alpha value is -2.15. The molecule has 0 aliphatic carbocycles. The number of nitrogens with zero attached hydrogens (tertiary/aromatic N) is 2. The summed E-state index contributed by atoms with van der Waals surface area (Å²) in [5.74, 6) is -1.24. The molecule has 4 nitrogen and oxygen atoms in total. The maximum atomic E-state index is 13.5. The van der Waals surface area contributed by atoms with Gasteiger partial charge < -0.3 is 11.1 Å². The lowest BCUT2D eigenvalue weighted by molar-refractivity contribution is 0.586. The minimum atomic E-state index is -0.734. The van der Waals surface area contributed by atoms with Gasteiger partial charge in [0.1, 0.15) is 22.3 Å². The molecule has 0 saturated heterocycles. The van der Waals surface area contributed by atoms with Crippen LogP contribution in [0.1, 0.15) is 11.4 Å². The van der Waals surface area contributed by atoms with Gasteiger partial charge in [0, 0.05) is 11.8 Å². The minimum absolute atomic E-state index is 0.0703. The van der Waals surface area contributed by atoms with Crippen molar-refractivity contribution >= 4 is 28.8 Å². The molecule has 19 heavy (non-hydrogen) atoms. The number of benzene rings is 1. The van der Waals surface area contributed by atoms with E-state index >= 15 is 0 Å². The molecule has 0 saturated carbocycles. The van der Waals surface area contributed by atoms with Crippen LogP contribution in [-0.2, 0) is 0 Å². The first-order valence-corrected chi connectivity index (χ1v) is 5.74. The van der Waals surface area contributed by atoms with Crippen LogP contribution in [0, 0.1) is 18.6 Å². The Morgan fingerprint density at radius 2 is 2.00 bits per heavy atom. The van der Waals surface area contributed by atoms with Crippen LogP contribution in [-0.4, -0.2) is 15.0 Å². The predicted octanol–water partition coefficient (Wildman–Crippen LogP) is 2.44. The van der Waals surface area contributed by atoms with Gasteiger partial charge in [0.15, 0.2) is 0 Å². The second-order valence-electron chi connectivity index (χ2n) is 3.83. The van der Waals surface area contributed by atoms with Gasteiger partial charge in [-0.05, 0) is 25.1 Å². The van der Waals surface area contributed by atoms with Gasteiger partial charge in [0.25, 0.3) is 0 Å². The van der Waals surface area contributed by atoms with E-state index in [1.54, 1.807) is 13.0 Å². The van der Waals surface area contributed by atoms with Gasteiger partial charge in [0.05, 0.1) is 5.69 Å². The number of nitrogens with one attached hydrogen (secondary N) is 1. The van der Waals surface area contributed by atoms with E-state index in [0.29, 0.717) is 11.4 Å². The van der Waals surface area contributed by atoms with Crippen LogP contribution < -0.4 is 11.1 Å². The van der Waals surface area contributed by atoms with Gasteiger partial charge in [-0.1, -0.05) is 12.2 Å². The Morgan fingerprint density at radius 3 is 2.63 bits per heavy atom. The normalized spacial score (nSPS) is 10.3. The van der Waals surface area contributed by atoms with Gasteiger partial charge in [-0.2, -0.15) is 0 Å². The average molecular weight is 280 g/mol. The highest BCUT2D eigenvalue weighted by Crippen LogP contribution is 2.18. The Balaban J connectivity index is 2.35. The fourth-order valence-corrected chi connectivity index (χ4v) is 1.57. The van der Waals surface area contributed by atoms with Crippen molar-refractivity contribution in [3.8, 4) is 0 Å². The molecule has 1 heterocycles. The van der Waals surface area contributed by atoms with Crippen LogP contribution in [0.5, 0.6) is 0 Å². The van der Waals surface area contributed by atoms with Crippen molar-refractivity contribution in [2.75, 3.05) is 5.32 Å². The molecule has 98 valence electrons. The highest BCUT2D eigenvalue weighted by molar-refractivity contribution is 7.80. The predicted molar refractivity (Wildman–Crippen MR) is 72.3 cm³/mol. The molecule has 0 unspecified atom stereocenters. The first-order valence-electron chi connectivity index (χ1n) is 5.33. The summed E-state index contributed by atoms with van der Waals surface area (Å²) in [4.78, 5) is 8.24. The number of hydrogen-bond donors (Lipinski definition) is 2. The fraction of sp³-hybridized carbons (Fsp3) is 0.0833. The van der Waals surface area contributed by atoms with E-state index in [-0.39, 0.29) is 16.6 Å². The Bertz CT molecular complexity index is 646. The van der Waals surface area contributed by atoms with Crippen molar-refractivity contribution in [1.82, 2.24) is 9.97 Å². The van der Waals surface area contributed by atoms with Crippen LogP contribution in [0.25, 0.3) is 0 Å². The third-order valence-electron chi connectivity index (χ3n) is 2.28. The van der Waals surface area contributed by atoms with E-state index < -0.39 is 11.6 Å². The average Bonchev–Trinajstić information content (AvgIpc) is 2.32. The Labute approximate surface area is 113 Å². The van der Waals surface area contributed by atoms with Gasteiger partial charge in [0.2, 0.25) is 5.95 Å². The number of rotatable bonds is 3. The van der Waals surface area contributed by atoms with Crippen LogP contribution in [0.15, 0.2) is 24.3 Å². The van der Waals surface area contributed by atoms with E-state index in [2.05, 4.69) is 15.3 Å². The highest BCUT2D eigenvalue weighted by Gasteiger charge is 2.08. The maximum absolute atomic E-state index is 13.5.